The number of anilines is 1. The van der Waals surface area contributed by atoms with Crippen molar-refractivity contribution in [3.63, 3.8) is 0 Å². The Labute approximate surface area is 174 Å². The van der Waals surface area contributed by atoms with Gasteiger partial charge in [0.2, 0.25) is 5.91 Å². The van der Waals surface area contributed by atoms with Gasteiger partial charge in [0.25, 0.3) is 5.91 Å². The zero-order valence-electron chi connectivity index (χ0n) is 15.6. The van der Waals surface area contributed by atoms with E-state index >= 15 is 0 Å². The lowest BCUT2D eigenvalue weighted by Gasteiger charge is -2.08. The summed E-state index contributed by atoms with van der Waals surface area (Å²) in [5.74, 6) is -2.72. The highest BCUT2D eigenvalue weighted by atomic mass is 32.1. The van der Waals surface area contributed by atoms with Crippen molar-refractivity contribution in [2.24, 2.45) is 0 Å². The fourth-order valence-electron chi connectivity index (χ4n) is 2.87. The standard InChI is InChI=1S/C21H16F2N4O2S/c22-14-3-6-16(17(23)11-14)20(29)24-8-7-19(28)25-15-4-1-13(2-5-15)18-12-27-9-10-30-21(27)26-18/h1-6,9-12H,7-8H2,(H,24,29)(H,25,28). The number of halogens is 2. The third-order valence-corrected chi connectivity index (χ3v) is 5.14. The lowest BCUT2D eigenvalue weighted by Crippen LogP contribution is -2.28. The Morgan fingerprint density at radius 2 is 1.90 bits per heavy atom. The number of hydrogen-bond acceptors (Lipinski definition) is 4. The van der Waals surface area contributed by atoms with E-state index in [-0.39, 0.29) is 24.4 Å². The van der Waals surface area contributed by atoms with Gasteiger partial charge in [0.05, 0.1) is 11.3 Å². The maximum absolute atomic E-state index is 13.6. The average molecular weight is 426 g/mol. The second-order valence-electron chi connectivity index (χ2n) is 6.47. The quantitative estimate of drug-likeness (QED) is 0.488. The van der Waals surface area contributed by atoms with Gasteiger partial charge in [-0.3, -0.25) is 14.0 Å². The molecule has 0 fully saturated rings. The first kappa shape index (κ1) is 19.7. The largest absolute Gasteiger partial charge is 0.351 e. The molecule has 2 N–H and O–H groups in total. The third kappa shape index (κ3) is 4.36. The number of benzene rings is 2. The van der Waals surface area contributed by atoms with E-state index in [0.717, 1.165) is 28.4 Å². The van der Waals surface area contributed by atoms with Crippen LogP contribution < -0.4 is 10.6 Å². The highest BCUT2D eigenvalue weighted by Crippen LogP contribution is 2.23. The molecule has 0 aliphatic heterocycles. The fourth-order valence-corrected chi connectivity index (χ4v) is 3.57. The molecule has 0 saturated heterocycles. The Balaban J connectivity index is 1.28. The van der Waals surface area contributed by atoms with E-state index in [9.17, 15) is 18.4 Å². The molecule has 0 aliphatic rings. The number of nitrogens with zero attached hydrogens (tertiary/aromatic N) is 2. The number of carbonyl (C=O) groups is 2. The third-order valence-electron chi connectivity index (χ3n) is 4.37. The molecule has 0 bridgehead atoms. The minimum Gasteiger partial charge on any atom is -0.351 e. The monoisotopic (exact) mass is 426 g/mol. The summed E-state index contributed by atoms with van der Waals surface area (Å²) < 4.78 is 28.4. The van der Waals surface area contributed by atoms with Gasteiger partial charge in [-0.25, -0.2) is 13.8 Å². The normalized spacial score (nSPS) is 10.9. The van der Waals surface area contributed by atoms with Crippen molar-refractivity contribution in [1.82, 2.24) is 14.7 Å². The van der Waals surface area contributed by atoms with E-state index in [0.29, 0.717) is 11.8 Å². The molecule has 0 spiro atoms. The van der Waals surface area contributed by atoms with Crippen molar-refractivity contribution < 1.29 is 18.4 Å². The minimum absolute atomic E-state index is 0.00757. The van der Waals surface area contributed by atoms with E-state index in [1.165, 1.54) is 0 Å². The van der Waals surface area contributed by atoms with Gasteiger partial charge in [-0.05, 0) is 24.3 Å². The van der Waals surface area contributed by atoms with Crippen molar-refractivity contribution in [2.45, 2.75) is 6.42 Å². The Kier molecular flexibility index (Phi) is 5.53. The molecule has 9 heteroatoms. The van der Waals surface area contributed by atoms with E-state index < -0.39 is 17.5 Å². The Morgan fingerprint density at radius 3 is 2.63 bits per heavy atom. The van der Waals surface area contributed by atoms with E-state index in [4.69, 9.17) is 0 Å². The maximum atomic E-state index is 13.6. The van der Waals surface area contributed by atoms with Crippen LogP contribution in [0.1, 0.15) is 16.8 Å². The number of thiazole rings is 1. The average Bonchev–Trinajstić information content (AvgIpc) is 3.30. The molecule has 0 radical (unpaired) electrons. The molecule has 152 valence electrons. The highest BCUT2D eigenvalue weighted by molar-refractivity contribution is 7.15. The summed E-state index contributed by atoms with van der Waals surface area (Å²) in [6.45, 7) is 0.0188. The van der Waals surface area contributed by atoms with Gasteiger partial charge in [-0.2, -0.15) is 0 Å². The Bertz CT molecular complexity index is 1190. The van der Waals surface area contributed by atoms with Crippen LogP contribution in [0.25, 0.3) is 16.2 Å². The number of nitrogens with one attached hydrogen (secondary N) is 2. The summed E-state index contributed by atoms with van der Waals surface area (Å²) in [6.07, 6.45) is 3.88. The topological polar surface area (TPSA) is 75.5 Å². The number of amides is 2. The van der Waals surface area contributed by atoms with Gasteiger partial charge in [0.1, 0.15) is 11.6 Å². The van der Waals surface area contributed by atoms with Crippen LogP contribution >= 0.6 is 11.3 Å². The van der Waals surface area contributed by atoms with Crippen LogP contribution in [0, 0.1) is 11.6 Å². The summed E-state index contributed by atoms with van der Waals surface area (Å²) in [5.41, 5.74) is 2.11. The van der Waals surface area contributed by atoms with Crippen LogP contribution in [-0.4, -0.2) is 27.7 Å². The Morgan fingerprint density at radius 1 is 1.10 bits per heavy atom. The predicted octanol–water partition coefficient (Wildman–Crippen LogP) is 4.10. The first-order valence-electron chi connectivity index (χ1n) is 9.05. The summed E-state index contributed by atoms with van der Waals surface area (Å²) in [7, 11) is 0. The maximum Gasteiger partial charge on any atom is 0.254 e. The second-order valence-corrected chi connectivity index (χ2v) is 7.35. The molecular formula is C21H16F2N4O2S. The molecule has 2 aromatic heterocycles. The number of aromatic nitrogens is 2. The van der Waals surface area contributed by atoms with Crippen molar-refractivity contribution in [3.05, 3.63) is 77.4 Å². The number of hydrogen-bond donors (Lipinski definition) is 2. The van der Waals surface area contributed by atoms with Gasteiger partial charge >= 0.3 is 0 Å². The Hall–Kier alpha value is -3.59. The molecule has 2 aromatic carbocycles. The SMILES string of the molecule is O=C(CCNC(=O)c1ccc(F)cc1F)Nc1ccc(-c2cn3ccsc3n2)cc1. The lowest BCUT2D eigenvalue weighted by atomic mass is 10.1. The molecule has 4 aromatic rings. The summed E-state index contributed by atoms with van der Waals surface area (Å²) in [4.78, 5) is 29.4. The number of fused-ring (bicyclic) bond motifs is 1. The van der Waals surface area contributed by atoms with Gasteiger partial charge in [0, 0.05) is 48.1 Å². The second kappa shape index (κ2) is 8.42. The van der Waals surface area contributed by atoms with Gasteiger partial charge in [-0.1, -0.05) is 12.1 Å². The lowest BCUT2D eigenvalue weighted by molar-refractivity contribution is -0.116. The molecule has 2 amide bonds. The van der Waals surface area contributed by atoms with Crippen LogP contribution in [0.15, 0.2) is 60.2 Å². The molecule has 2 heterocycles. The first-order valence-corrected chi connectivity index (χ1v) is 9.93. The molecule has 0 atom stereocenters. The molecule has 4 rings (SSSR count). The number of rotatable bonds is 6. The molecule has 0 unspecified atom stereocenters. The van der Waals surface area contributed by atoms with Crippen LogP contribution in [0.5, 0.6) is 0 Å². The van der Waals surface area contributed by atoms with Crippen molar-refractivity contribution in [1.29, 1.82) is 0 Å². The first-order chi connectivity index (χ1) is 14.5. The van der Waals surface area contributed by atoms with Crippen LogP contribution in [0.3, 0.4) is 0 Å². The van der Waals surface area contributed by atoms with Gasteiger partial charge < -0.3 is 10.6 Å². The van der Waals surface area contributed by atoms with Gasteiger partial charge in [-0.15, -0.1) is 11.3 Å². The van der Waals surface area contributed by atoms with Crippen molar-refractivity contribution in [2.75, 3.05) is 11.9 Å². The molecular weight excluding hydrogens is 410 g/mol. The van der Waals surface area contributed by atoms with E-state index in [2.05, 4.69) is 15.6 Å². The van der Waals surface area contributed by atoms with Crippen LogP contribution in [-0.2, 0) is 4.79 Å². The number of carbonyl (C=O) groups excluding carboxylic acids is 2. The predicted molar refractivity (Wildman–Crippen MR) is 110 cm³/mol. The zero-order chi connectivity index (χ0) is 21.1. The fraction of sp³-hybridized carbons (Fsp3) is 0.0952. The van der Waals surface area contributed by atoms with Crippen LogP contribution in [0.2, 0.25) is 0 Å². The zero-order valence-corrected chi connectivity index (χ0v) is 16.4. The van der Waals surface area contributed by atoms with Crippen molar-refractivity contribution in [3.8, 4) is 11.3 Å². The summed E-state index contributed by atoms with van der Waals surface area (Å²) in [6, 6.07) is 9.97. The minimum atomic E-state index is -0.949. The summed E-state index contributed by atoms with van der Waals surface area (Å²) >= 11 is 1.55. The highest BCUT2D eigenvalue weighted by Gasteiger charge is 2.13. The molecule has 0 saturated carbocycles. The van der Waals surface area contributed by atoms with E-state index in [1.807, 2.05) is 34.3 Å². The van der Waals surface area contributed by atoms with E-state index in [1.54, 1.807) is 23.5 Å². The van der Waals surface area contributed by atoms with Crippen molar-refractivity contribution >= 4 is 33.8 Å². The van der Waals surface area contributed by atoms with Crippen LogP contribution in [0.4, 0.5) is 14.5 Å². The molecule has 0 aliphatic carbocycles. The number of imidazole rings is 1. The molecule has 6 nitrogen and oxygen atoms in total. The summed E-state index contributed by atoms with van der Waals surface area (Å²) in [5, 5.41) is 7.14. The smallest absolute Gasteiger partial charge is 0.254 e. The van der Waals surface area contributed by atoms with Gasteiger partial charge in [0.15, 0.2) is 4.96 Å². The molecule has 30 heavy (non-hydrogen) atoms.